The van der Waals surface area contributed by atoms with Crippen LogP contribution in [-0.4, -0.2) is 19.6 Å². The summed E-state index contributed by atoms with van der Waals surface area (Å²) in [7, 11) is 0. The third kappa shape index (κ3) is 3.96. The first-order chi connectivity index (χ1) is 19.0. The van der Waals surface area contributed by atoms with E-state index < -0.39 is 0 Å². The molecule has 0 unspecified atom stereocenters. The Bertz CT molecular complexity index is 2010. The Morgan fingerprint density at radius 2 is 1.51 bits per heavy atom. The highest BCUT2D eigenvalue weighted by molar-refractivity contribution is 6.09. The number of hydrogen-bond donors (Lipinski definition) is 1. The number of pyridine rings is 2. The van der Waals surface area contributed by atoms with E-state index in [1.807, 2.05) is 67.6 Å². The Morgan fingerprint density at radius 3 is 2.33 bits per heavy atom. The van der Waals surface area contributed by atoms with E-state index in [2.05, 4.69) is 52.9 Å². The van der Waals surface area contributed by atoms with Gasteiger partial charge in [-0.15, -0.1) is 0 Å². The summed E-state index contributed by atoms with van der Waals surface area (Å²) in [4.78, 5) is 9.36. The fourth-order valence-electron chi connectivity index (χ4n) is 5.37. The van der Waals surface area contributed by atoms with Crippen LogP contribution in [0.15, 0.2) is 109 Å². The molecule has 0 fully saturated rings. The van der Waals surface area contributed by atoms with Crippen molar-refractivity contribution >= 4 is 32.7 Å². The predicted octanol–water partition coefficient (Wildman–Crippen LogP) is 8.51. The van der Waals surface area contributed by atoms with Crippen molar-refractivity contribution in [3.8, 4) is 34.3 Å². The van der Waals surface area contributed by atoms with Gasteiger partial charge in [-0.3, -0.25) is 4.57 Å². The second-order valence-corrected chi connectivity index (χ2v) is 9.88. The third-order valence-corrected chi connectivity index (χ3v) is 7.09. The summed E-state index contributed by atoms with van der Waals surface area (Å²) in [6, 6.07) is 34.3. The number of phenols is 1. The normalized spacial score (nSPS) is 11.4. The number of nitrogens with zero attached hydrogens (tertiary/aromatic N) is 3. The molecule has 0 radical (unpaired) electrons. The molecule has 5 heteroatoms. The van der Waals surface area contributed by atoms with Crippen LogP contribution in [-0.2, 0) is 0 Å². The molecule has 0 amide bonds. The van der Waals surface area contributed by atoms with Crippen LogP contribution in [0, 0.1) is 13.8 Å². The topological polar surface area (TPSA) is 60.2 Å². The van der Waals surface area contributed by atoms with Gasteiger partial charge in [-0.05, 0) is 79.1 Å². The van der Waals surface area contributed by atoms with Crippen LogP contribution in [0.25, 0.3) is 49.7 Å². The van der Waals surface area contributed by atoms with E-state index in [0.29, 0.717) is 17.1 Å². The van der Waals surface area contributed by atoms with Crippen LogP contribution in [0.4, 0.5) is 0 Å². The molecule has 0 bridgehead atoms. The summed E-state index contributed by atoms with van der Waals surface area (Å²) in [6.07, 6.45) is 1.81. The van der Waals surface area contributed by atoms with Crippen molar-refractivity contribution in [2.24, 2.45) is 0 Å². The number of aromatic hydroxyl groups is 1. The van der Waals surface area contributed by atoms with E-state index in [1.54, 1.807) is 12.3 Å². The minimum Gasteiger partial charge on any atom is -0.506 e. The molecule has 0 spiro atoms. The Balaban J connectivity index is 1.41. The van der Waals surface area contributed by atoms with Crippen molar-refractivity contribution in [1.29, 1.82) is 0 Å². The molecule has 3 heterocycles. The maximum atomic E-state index is 10.8. The van der Waals surface area contributed by atoms with E-state index in [-0.39, 0.29) is 5.75 Å². The zero-order chi connectivity index (χ0) is 26.5. The molecule has 39 heavy (non-hydrogen) atoms. The first-order valence-electron chi connectivity index (χ1n) is 12.9. The van der Waals surface area contributed by atoms with Crippen molar-refractivity contribution in [1.82, 2.24) is 14.5 Å². The number of phenolic OH excluding ortho intramolecular Hbond substituents is 1. The van der Waals surface area contributed by atoms with Crippen LogP contribution in [0.2, 0.25) is 0 Å². The monoisotopic (exact) mass is 507 g/mol. The van der Waals surface area contributed by atoms with Gasteiger partial charge in [-0.1, -0.05) is 48.0 Å². The molecular weight excluding hydrogens is 482 g/mol. The van der Waals surface area contributed by atoms with Gasteiger partial charge >= 0.3 is 0 Å². The largest absolute Gasteiger partial charge is 0.506 e. The lowest BCUT2D eigenvalue weighted by Gasteiger charge is -2.13. The lowest BCUT2D eigenvalue weighted by molar-refractivity contribution is 0.460. The van der Waals surface area contributed by atoms with Gasteiger partial charge in [0.1, 0.15) is 22.8 Å². The molecule has 0 saturated carbocycles. The fourth-order valence-corrected chi connectivity index (χ4v) is 5.37. The number of aromatic nitrogens is 3. The molecule has 188 valence electrons. The minimum atomic E-state index is 0.133. The Hall–Kier alpha value is -5.16. The summed E-state index contributed by atoms with van der Waals surface area (Å²) in [5.41, 5.74) is 6.74. The van der Waals surface area contributed by atoms with Crippen molar-refractivity contribution in [3.05, 3.63) is 120 Å². The quantitative estimate of drug-likeness (QED) is 0.259. The average Bonchev–Trinajstić information content (AvgIpc) is 3.26. The second kappa shape index (κ2) is 8.99. The van der Waals surface area contributed by atoms with Gasteiger partial charge in [0.2, 0.25) is 5.88 Å². The number of aryl methyl sites for hydroxylation is 2. The lowest BCUT2D eigenvalue weighted by Crippen LogP contribution is -1.97. The van der Waals surface area contributed by atoms with Gasteiger partial charge < -0.3 is 9.84 Å². The molecule has 1 N–H and O–H groups in total. The Kier molecular flexibility index (Phi) is 5.30. The standard InChI is InChI=1S/C34H25N3O2/c1-21-11-14-29-27(16-21)25-13-12-24(19-30(25)37(29)32-10-6-7-15-35-32)39-33-20-26(23-8-4-3-5-9-23)28-17-22(2)18-31(38)34(28)36-33/h3-20,38H,1-2H3. The molecule has 5 nitrogen and oxygen atoms in total. The fraction of sp³-hybridized carbons (Fsp3) is 0.0588. The van der Waals surface area contributed by atoms with Gasteiger partial charge in [0.05, 0.1) is 11.0 Å². The molecule has 3 aromatic heterocycles. The smallest absolute Gasteiger partial charge is 0.220 e. The predicted molar refractivity (Wildman–Crippen MR) is 157 cm³/mol. The second-order valence-electron chi connectivity index (χ2n) is 9.88. The average molecular weight is 508 g/mol. The van der Waals surface area contributed by atoms with Crippen molar-refractivity contribution in [3.63, 3.8) is 0 Å². The van der Waals surface area contributed by atoms with Crippen LogP contribution >= 0.6 is 0 Å². The van der Waals surface area contributed by atoms with Gasteiger partial charge in [-0.25, -0.2) is 9.97 Å². The number of hydrogen-bond acceptors (Lipinski definition) is 4. The number of benzene rings is 4. The zero-order valence-electron chi connectivity index (χ0n) is 21.6. The highest BCUT2D eigenvalue weighted by atomic mass is 16.5. The van der Waals surface area contributed by atoms with E-state index in [1.165, 1.54) is 5.56 Å². The van der Waals surface area contributed by atoms with Gasteiger partial charge in [0.15, 0.2) is 0 Å². The van der Waals surface area contributed by atoms with Crippen LogP contribution < -0.4 is 4.74 Å². The van der Waals surface area contributed by atoms with Gasteiger partial charge in [0.25, 0.3) is 0 Å². The first-order valence-corrected chi connectivity index (χ1v) is 12.9. The molecule has 0 aliphatic heterocycles. The van der Waals surface area contributed by atoms with E-state index in [4.69, 9.17) is 9.72 Å². The van der Waals surface area contributed by atoms with Gasteiger partial charge in [-0.2, -0.15) is 0 Å². The van der Waals surface area contributed by atoms with E-state index in [0.717, 1.165) is 49.7 Å². The zero-order valence-corrected chi connectivity index (χ0v) is 21.6. The van der Waals surface area contributed by atoms with Gasteiger partial charge in [0, 0.05) is 34.5 Å². The summed E-state index contributed by atoms with van der Waals surface area (Å²) >= 11 is 0. The SMILES string of the molecule is Cc1cc(O)c2nc(Oc3ccc4c5cc(C)ccc5n(-c5ccccn5)c4c3)cc(-c3ccccc3)c2c1. The maximum Gasteiger partial charge on any atom is 0.220 e. The third-order valence-electron chi connectivity index (χ3n) is 7.09. The molecule has 7 rings (SSSR count). The highest BCUT2D eigenvalue weighted by Crippen LogP contribution is 2.38. The van der Waals surface area contributed by atoms with Crippen molar-refractivity contribution in [2.75, 3.05) is 0 Å². The van der Waals surface area contributed by atoms with Crippen LogP contribution in [0.1, 0.15) is 11.1 Å². The Labute approximate surface area is 225 Å². The molecule has 0 saturated heterocycles. The summed E-state index contributed by atoms with van der Waals surface area (Å²) in [5, 5.41) is 14.0. The van der Waals surface area contributed by atoms with E-state index >= 15 is 0 Å². The summed E-state index contributed by atoms with van der Waals surface area (Å²) < 4.78 is 8.56. The van der Waals surface area contributed by atoms with E-state index in [9.17, 15) is 5.11 Å². The number of ether oxygens (including phenoxy) is 1. The molecular formula is C34H25N3O2. The highest BCUT2D eigenvalue weighted by Gasteiger charge is 2.16. The lowest BCUT2D eigenvalue weighted by atomic mass is 9.99. The first kappa shape index (κ1) is 23.0. The molecule has 4 aromatic carbocycles. The number of rotatable bonds is 4. The number of fused-ring (bicyclic) bond motifs is 4. The van der Waals surface area contributed by atoms with Crippen molar-refractivity contribution in [2.45, 2.75) is 13.8 Å². The minimum absolute atomic E-state index is 0.133. The summed E-state index contributed by atoms with van der Waals surface area (Å²) in [6.45, 7) is 4.07. The van der Waals surface area contributed by atoms with Crippen LogP contribution in [0.3, 0.4) is 0 Å². The Morgan fingerprint density at radius 1 is 0.692 bits per heavy atom. The van der Waals surface area contributed by atoms with Crippen molar-refractivity contribution < 1.29 is 9.84 Å². The molecule has 0 atom stereocenters. The molecule has 7 aromatic rings. The van der Waals surface area contributed by atoms with Crippen LogP contribution in [0.5, 0.6) is 17.4 Å². The maximum absolute atomic E-state index is 10.8. The molecule has 0 aliphatic carbocycles. The molecule has 0 aliphatic rings. The summed E-state index contributed by atoms with van der Waals surface area (Å²) in [5.74, 6) is 2.04.